The monoisotopic (exact) mass is 253 g/mol. The first kappa shape index (κ1) is 14.4. The van der Waals surface area contributed by atoms with E-state index >= 15 is 0 Å². The third-order valence-corrected chi connectivity index (χ3v) is 2.18. The Bertz CT molecular complexity index is 402. The Morgan fingerprint density at radius 1 is 1.28 bits per heavy atom. The van der Waals surface area contributed by atoms with Gasteiger partial charge in [-0.3, -0.25) is 4.99 Å². The minimum atomic E-state index is -0.537. The van der Waals surface area contributed by atoms with E-state index in [1.54, 1.807) is 27.7 Å². The van der Waals surface area contributed by atoms with Crippen molar-refractivity contribution >= 4 is 17.7 Å². The molecule has 0 aromatic heterocycles. The number of esters is 2. The van der Waals surface area contributed by atoms with E-state index in [-0.39, 0.29) is 5.97 Å². The molecule has 1 rings (SSSR count). The molecule has 0 unspecified atom stereocenters. The summed E-state index contributed by atoms with van der Waals surface area (Å²) in [6, 6.07) is 0. The van der Waals surface area contributed by atoms with Gasteiger partial charge in [-0.2, -0.15) is 0 Å². The summed E-state index contributed by atoms with van der Waals surface area (Å²) in [6.07, 6.45) is 2.25. The van der Waals surface area contributed by atoms with Gasteiger partial charge in [-0.15, -0.1) is 0 Å². The Morgan fingerprint density at radius 3 is 2.39 bits per heavy atom. The van der Waals surface area contributed by atoms with E-state index in [1.165, 1.54) is 6.20 Å². The highest BCUT2D eigenvalue weighted by Crippen LogP contribution is 2.16. The van der Waals surface area contributed by atoms with Crippen LogP contribution in [0.1, 0.15) is 40.5 Å². The van der Waals surface area contributed by atoms with Gasteiger partial charge in [0.1, 0.15) is 11.3 Å². The number of hydrogen-bond acceptors (Lipinski definition) is 5. The maximum Gasteiger partial charge on any atom is 0.353 e. The van der Waals surface area contributed by atoms with E-state index in [9.17, 15) is 9.59 Å². The van der Waals surface area contributed by atoms with Gasteiger partial charge in [-0.05, 0) is 34.1 Å². The molecule has 0 fully saturated rings. The average Bonchev–Trinajstić information content (AvgIpc) is 2.27. The molecule has 1 heterocycles. The van der Waals surface area contributed by atoms with Gasteiger partial charge in [0.2, 0.25) is 0 Å². The zero-order chi connectivity index (χ0) is 13.8. The molecule has 18 heavy (non-hydrogen) atoms. The van der Waals surface area contributed by atoms with Crippen molar-refractivity contribution in [2.45, 2.75) is 46.1 Å². The number of nitrogens with zero attached hydrogens (tertiary/aromatic N) is 1. The highest BCUT2D eigenvalue weighted by Gasteiger charge is 2.24. The molecule has 0 bridgehead atoms. The van der Waals surface area contributed by atoms with Crippen LogP contribution in [-0.4, -0.2) is 29.9 Å². The molecule has 5 heteroatoms. The van der Waals surface area contributed by atoms with Gasteiger partial charge in [0.25, 0.3) is 0 Å². The van der Waals surface area contributed by atoms with Crippen LogP contribution in [0, 0.1) is 0 Å². The molecular weight excluding hydrogens is 234 g/mol. The zero-order valence-corrected chi connectivity index (χ0v) is 11.3. The molecule has 100 valence electrons. The first-order valence-corrected chi connectivity index (χ1v) is 5.99. The number of ether oxygens (including phenoxy) is 2. The Morgan fingerprint density at radius 2 is 1.94 bits per heavy atom. The fourth-order valence-electron chi connectivity index (χ4n) is 1.41. The van der Waals surface area contributed by atoms with Crippen LogP contribution in [0.3, 0.4) is 0 Å². The summed E-state index contributed by atoms with van der Waals surface area (Å²) in [5, 5.41) is 0. The van der Waals surface area contributed by atoms with Crippen LogP contribution in [0.25, 0.3) is 0 Å². The van der Waals surface area contributed by atoms with Crippen molar-refractivity contribution in [3.8, 4) is 0 Å². The van der Waals surface area contributed by atoms with Gasteiger partial charge < -0.3 is 9.47 Å². The number of hydrogen-bond donors (Lipinski definition) is 0. The Kier molecular flexibility index (Phi) is 4.64. The van der Waals surface area contributed by atoms with Gasteiger partial charge in [-0.25, -0.2) is 9.59 Å². The first-order chi connectivity index (χ1) is 8.33. The zero-order valence-electron chi connectivity index (χ0n) is 11.3. The van der Waals surface area contributed by atoms with Crippen molar-refractivity contribution in [1.29, 1.82) is 0 Å². The first-order valence-electron chi connectivity index (χ1n) is 5.99. The predicted octanol–water partition coefficient (Wildman–Crippen LogP) is 2.01. The lowest BCUT2D eigenvalue weighted by atomic mass is 10.1. The van der Waals surface area contributed by atoms with E-state index in [2.05, 4.69) is 4.99 Å². The predicted molar refractivity (Wildman–Crippen MR) is 67.2 cm³/mol. The molecule has 0 radical (unpaired) electrons. The fraction of sp³-hybridized carbons (Fsp3) is 0.615. The molecule has 0 saturated heterocycles. The molecule has 0 aromatic rings. The van der Waals surface area contributed by atoms with Crippen LogP contribution in [0.15, 0.2) is 16.8 Å². The number of carbonyl (C=O) groups is 2. The minimum absolute atomic E-state index is 0.332. The largest absolute Gasteiger partial charge is 0.463 e. The van der Waals surface area contributed by atoms with Gasteiger partial charge in [0.15, 0.2) is 0 Å². The molecule has 0 aliphatic carbocycles. The summed E-state index contributed by atoms with van der Waals surface area (Å²) in [5.74, 6) is -0.800. The van der Waals surface area contributed by atoms with Crippen molar-refractivity contribution in [1.82, 2.24) is 0 Å². The van der Waals surface area contributed by atoms with Gasteiger partial charge >= 0.3 is 11.9 Å². The van der Waals surface area contributed by atoms with E-state index in [1.807, 2.05) is 0 Å². The van der Waals surface area contributed by atoms with Crippen molar-refractivity contribution in [3.63, 3.8) is 0 Å². The third-order valence-electron chi connectivity index (χ3n) is 2.18. The summed E-state index contributed by atoms with van der Waals surface area (Å²) >= 11 is 0. The van der Waals surface area contributed by atoms with Crippen molar-refractivity contribution in [2.24, 2.45) is 4.99 Å². The molecule has 5 nitrogen and oxygen atoms in total. The smallest absolute Gasteiger partial charge is 0.353 e. The quantitative estimate of drug-likeness (QED) is 0.722. The van der Waals surface area contributed by atoms with E-state index < -0.39 is 11.6 Å². The standard InChI is InChI=1S/C13H19NO4/c1-5-17-11(15)9-6-7-10(14-8-9)12(16)18-13(2,3)4/h8H,5-7H2,1-4H3. The lowest BCUT2D eigenvalue weighted by Crippen LogP contribution is -2.29. The number of aliphatic imine (C=N–C) groups is 1. The molecule has 0 amide bonds. The lowest BCUT2D eigenvalue weighted by molar-refractivity contribution is -0.146. The van der Waals surface area contributed by atoms with Crippen LogP contribution >= 0.6 is 0 Å². The summed E-state index contributed by atoms with van der Waals surface area (Å²) in [4.78, 5) is 27.1. The normalized spacial score (nSPS) is 15.6. The molecule has 1 aliphatic rings. The molecule has 0 saturated carbocycles. The average molecular weight is 253 g/mol. The van der Waals surface area contributed by atoms with E-state index in [0.29, 0.717) is 30.7 Å². The fourth-order valence-corrected chi connectivity index (χ4v) is 1.41. The number of carbonyl (C=O) groups excluding carboxylic acids is 2. The minimum Gasteiger partial charge on any atom is -0.463 e. The Balaban J connectivity index is 2.67. The van der Waals surface area contributed by atoms with Crippen molar-refractivity contribution in [3.05, 3.63) is 11.8 Å². The van der Waals surface area contributed by atoms with Gasteiger partial charge in [-0.1, -0.05) is 0 Å². The van der Waals surface area contributed by atoms with E-state index in [4.69, 9.17) is 9.47 Å². The molecule has 0 N–H and O–H groups in total. The molecule has 0 spiro atoms. The van der Waals surface area contributed by atoms with Gasteiger partial charge in [0, 0.05) is 12.6 Å². The summed E-state index contributed by atoms with van der Waals surface area (Å²) in [5.41, 5.74) is 0.298. The highest BCUT2D eigenvalue weighted by atomic mass is 16.6. The Labute approximate surface area is 107 Å². The SMILES string of the molecule is CCOC(=O)C1=CN=C(C(=O)OC(C)(C)C)CC1. The second-order valence-corrected chi connectivity index (χ2v) is 4.95. The van der Waals surface area contributed by atoms with E-state index in [0.717, 1.165) is 0 Å². The van der Waals surface area contributed by atoms with Gasteiger partial charge in [0.05, 0.1) is 12.2 Å². The van der Waals surface area contributed by atoms with Crippen LogP contribution in [0.2, 0.25) is 0 Å². The second kappa shape index (κ2) is 5.80. The highest BCUT2D eigenvalue weighted by molar-refractivity contribution is 6.37. The Hall–Kier alpha value is -1.65. The second-order valence-electron chi connectivity index (χ2n) is 4.95. The molecule has 1 aliphatic heterocycles. The van der Waals surface area contributed by atoms with Crippen molar-refractivity contribution < 1.29 is 19.1 Å². The number of rotatable bonds is 3. The summed E-state index contributed by atoms with van der Waals surface area (Å²) in [7, 11) is 0. The maximum atomic E-state index is 11.7. The lowest BCUT2D eigenvalue weighted by Gasteiger charge is -2.20. The molecule has 0 atom stereocenters. The summed E-state index contributed by atoms with van der Waals surface area (Å²) < 4.78 is 10.1. The molecule has 0 aromatic carbocycles. The molecular formula is C13H19NO4. The van der Waals surface area contributed by atoms with Crippen molar-refractivity contribution in [2.75, 3.05) is 6.61 Å². The third kappa shape index (κ3) is 4.31. The van der Waals surface area contributed by atoms with Crippen LogP contribution in [0.4, 0.5) is 0 Å². The van der Waals surface area contributed by atoms with Crippen LogP contribution < -0.4 is 0 Å². The van der Waals surface area contributed by atoms with Crippen LogP contribution in [0.5, 0.6) is 0 Å². The summed E-state index contributed by atoms with van der Waals surface area (Å²) in [6.45, 7) is 7.48. The van der Waals surface area contributed by atoms with Crippen LogP contribution in [-0.2, 0) is 19.1 Å². The topological polar surface area (TPSA) is 65.0 Å². The maximum absolute atomic E-state index is 11.7.